The summed E-state index contributed by atoms with van der Waals surface area (Å²) in [5.41, 5.74) is 2.29. The van der Waals surface area contributed by atoms with Crippen LogP contribution in [0.3, 0.4) is 0 Å². The number of hydrogen-bond acceptors (Lipinski definition) is 3. The first-order chi connectivity index (χ1) is 5.84. The predicted octanol–water partition coefficient (Wildman–Crippen LogP) is 0.190. The van der Waals surface area contributed by atoms with Crippen LogP contribution in [0.4, 0.5) is 0 Å². The molecule has 4 nitrogen and oxygen atoms in total. The van der Waals surface area contributed by atoms with Gasteiger partial charge in [-0.1, -0.05) is 0 Å². The summed E-state index contributed by atoms with van der Waals surface area (Å²) >= 11 is 0. The lowest BCUT2D eigenvalue weighted by atomic mass is 10.2. The minimum Gasteiger partial charge on any atom is -0.396 e. The summed E-state index contributed by atoms with van der Waals surface area (Å²) in [7, 11) is 0. The van der Waals surface area contributed by atoms with Gasteiger partial charge in [0.25, 0.3) is 0 Å². The Morgan fingerprint density at radius 2 is 2.50 bits per heavy atom. The first-order valence-electron chi connectivity index (χ1n) is 4.15. The van der Waals surface area contributed by atoms with Gasteiger partial charge in [-0.15, -0.1) is 0 Å². The summed E-state index contributed by atoms with van der Waals surface area (Å²) in [5, 5.41) is 18.5. The standard InChI is InChI=1S/C8H15N3O/c1-7-8(6-10-11-7)5-9-3-2-4-12/h6,9,12H,2-5H2,1H3,(H,10,11). The largest absolute Gasteiger partial charge is 0.396 e. The Morgan fingerprint density at radius 3 is 3.08 bits per heavy atom. The first-order valence-corrected chi connectivity index (χ1v) is 4.15. The van der Waals surface area contributed by atoms with Gasteiger partial charge in [-0.3, -0.25) is 5.10 Å². The number of aromatic amines is 1. The predicted molar refractivity (Wildman–Crippen MR) is 46.7 cm³/mol. The summed E-state index contributed by atoms with van der Waals surface area (Å²) in [4.78, 5) is 0. The molecule has 0 radical (unpaired) electrons. The fraction of sp³-hybridized carbons (Fsp3) is 0.625. The number of H-pyrrole nitrogens is 1. The molecule has 0 saturated carbocycles. The van der Waals surface area contributed by atoms with Crippen LogP contribution in [0, 0.1) is 6.92 Å². The maximum Gasteiger partial charge on any atom is 0.0535 e. The number of aryl methyl sites for hydroxylation is 1. The monoisotopic (exact) mass is 169 g/mol. The molecule has 0 unspecified atom stereocenters. The van der Waals surface area contributed by atoms with Gasteiger partial charge in [-0.25, -0.2) is 0 Å². The molecule has 12 heavy (non-hydrogen) atoms. The molecule has 0 aliphatic carbocycles. The molecule has 4 heteroatoms. The smallest absolute Gasteiger partial charge is 0.0535 e. The van der Waals surface area contributed by atoms with Crippen molar-refractivity contribution in [2.45, 2.75) is 19.9 Å². The van der Waals surface area contributed by atoms with Crippen molar-refractivity contribution in [3.05, 3.63) is 17.5 Å². The molecule has 1 heterocycles. The van der Waals surface area contributed by atoms with Crippen LogP contribution in [0.1, 0.15) is 17.7 Å². The van der Waals surface area contributed by atoms with E-state index in [1.165, 1.54) is 5.56 Å². The van der Waals surface area contributed by atoms with Gasteiger partial charge in [-0.05, 0) is 19.9 Å². The second kappa shape index (κ2) is 4.90. The average molecular weight is 169 g/mol. The third kappa shape index (κ3) is 2.64. The zero-order valence-electron chi connectivity index (χ0n) is 7.30. The molecule has 0 aliphatic rings. The Balaban J connectivity index is 2.20. The van der Waals surface area contributed by atoms with Crippen molar-refractivity contribution in [2.75, 3.05) is 13.2 Å². The molecular formula is C8H15N3O. The molecular weight excluding hydrogens is 154 g/mol. The van der Waals surface area contributed by atoms with Crippen LogP contribution in [0.15, 0.2) is 6.20 Å². The maximum absolute atomic E-state index is 8.52. The topological polar surface area (TPSA) is 60.9 Å². The molecule has 3 N–H and O–H groups in total. The summed E-state index contributed by atoms with van der Waals surface area (Å²) in [6.07, 6.45) is 2.62. The first kappa shape index (κ1) is 9.22. The maximum atomic E-state index is 8.52. The van der Waals surface area contributed by atoms with Crippen LogP contribution in [0.2, 0.25) is 0 Å². The molecule has 68 valence electrons. The quantitative estimate of drug-likeness (QED) is 0.551. The fourth-order valence-corrected chi connectivity index (χ4v) is 0.981. The second-order valence-electron chi connectivity index (χ2n) is 2.77. The Labute approximate surface area is 72.0 Å². The lowest BCUT2D eigenvalue weighted by molar-refractivity contribution is 0.286. The number of nitrogens with one attached hydrogen (secondary N) is 2. The number of hydrogen-bond donors (Lipinski definition) is 3. The molecule has 0 amide bonds. The zero-order valence-corrected chi connectivity index (χ0v) is 7.30. The van der Waals surface area contributed by atoms with Gasteiger partial charge in [-0.2, -0.15) is 5.10 Å². The van der Waals surface area contributed by atoms with Crippen molar-refractivity contribution in [3.63, 3.8) is 0 Å². The van der Waals surface area contributed by atoms with Gasteiger partial charge in [0.05, 0.1) is 6.20 Å². The van der Waals surface area contributed by atoms with Gasteiger partial charge in [0.15, 0.2) is 0 Å². The number of aliphatic hydroxyl groups is 1. The lowest BCUT2D eigenvalue weighted by Crippen LogP contribution is -2.15. The summed E-state index contributed by atoms with van der Waals surface area (Å²) in [5.74, 6) is 0. The normalized spacial score (nSPS) is 10.5. The summed E-state index contributed by atoms with van der Waals surface area (Å²) < 4.78 is 0. The summed E-state index contributed by atoms with van der Waals surface area (Å²) in [6, 6.07) is 0. The van der Waals surface area contributed by atoms with Crippen LogP contribution < -0.4 is 5.32 Å². The molecule has 0 aliphatic heterocycles. The van der Waals surface area contributed by atoms with Crippen LogP contribution in [0.5, 0.6) is 0 Å². The van der Waals surface area contributed by atoms with Crippen molar-refractivity contribution < 1.29 is 5.11 Å². The number of nitrogens with zero attached hydrogens (tertiary/aromatic N) is 1. The van der Waals surface area contributed by atoms with Crippen LogP contribution in [-0.4, -0.2) is 28.5 Å². The third-order valence-electron chi connectivity index (χ3n) is 1.76. The van der Waals surface area contributed by atoms with Gasteiger partial charge < -0.3 is 10.4 Å². The molecule has 1 rings (SSSR count). The molecule has 1 aromatic rings. The Bertz CT molecular complexity index is 222. The van der Waals surface area contributed by atoms with E-state index in [1.807, 2.05) is 13.1 Å². The Kier molecular flexibility index (Phi) is 3.76. The van der Waals surface area contributed by atoms with E-state index in [4.69, 9.17) is 5.11 Å². The van der Waals surface area contributed by atoms with E-state index in [0.717, 1.165) is 25.2 Å². The van der Waals surface area contributed by atoms with E-state index in [9.17, 15) is 0 Å². The van der Waals surface area contributed by atoms with E-state index in [2.05, 4.69) is 15.5 Å². The van der Waals surface area contributed by atoms with Gasteiger partial charge >= 0.3 is 0 Å². The van der Waals surface area contributed by atoms with Crippen molar-refractivity contribution in [1.82, 2.24) is 15.5 Å². The fourth-order valence-electron chi connectivity index (χ4n) is 0.981. The molecule has 0 atom stereocenters. The highest BCUT2D eigenvalue weighted by atomic mass is 16.3. The van der Waals surface area contributed by atoms with Gasteiger partial charge in [0, 0.05) is 24.4 Å². The minimum absolute atomic E-state index is 0.247. The highest BCUT2D eigenvalue weighted by molar-refractivity contribution is 5.13. The number of aliphatic hydroxyl groups excluding tert-OH is 1. The number of rotatable bonds is 5. The lowest BCUT2D eigenvalue weighted by Gasteiger charge is -2.01. The van der Waals surface area contributed by atoms with Crippen molar-refractivity contribution >= 4 is 0 Å². The highest BCUT2D eigenvalue weighted by Crippen LogP contribution is 2.00. The zero-order chi connectivity index (χ0) is 8.81. The van der Waals surface area contributed by atoms with E-state index >= 15 is 0 Å². The Hall–Kier alpha value is -0.870. The molecule has 1 aromatic heterocycles. The van der Waals surface area contributed by atoms with Crippen molar-refractivity contribution in [1.29, 1.82) is 0 Å². The molecule has 0 saturated heterocycles. The van der Waals surface area contributed by atoms with E-state index in [1.54, 1.807) is 0 Å². The van der Waals surface area contributed by atoms with E-state index < -0.39 is 0 Å². The van der Waals surface area contributed by atoms with Gasteiger partial charge in [0.2, 0.25) is 0 Å². The molecule has 0 aromatic carbocycles. The van der Waals surface area contributed by atoms with Crippen molar-refractivity contribution in [3.8, 4) is 0 Å². The Morgan fingerprint density at radius 1 is 1.67 bits per heavy atom. The highest BCUT2D eigenvalue weighted by Gasteiger charge is 1.97. The molecule has 0 bridgehead atoms. The van der Waals surface area contributed by atoms with Crippen LogP contribution >= 0.6 is 0 Å². The summed E-state index contributed by atoms with van der Waals surface area (Å²) in [6.45, 7) is 3.91. The third-order valence-corrected chi connectivity index (χ3v) is 1.76. The number of aromatic nitrogens is 2. The average Bonchev–Trinajstić information content (AvgIpc) is 2.46. The SMILES string of the molecule is Cc1[nH]ncc1CNCCCO. The van der Waals surface area contributed by atoms with Gasteiger partial charge in [0.1, 0.15) is 0 Å². The molecule has 0 fully saturated rings. The van der Waals surface area contributed by atoms with E-state index in [-0.39, 0.29) is 6.61 Å². The van der Waals surface area contributed by atoms with Crippen LogP contribution in [0.25, 0.3) is 0 Å². The second-order valence-corrected chi connectivity index (χ2v) is 2.77. The van der Waals surface area contributed by atoms with Crippen molar-refractivity contribution in [2.24, 2.45) is 0 Å². The molecule has 0 spiro atoms. The van der Waals surface area contributed by atoms with Crippen LogP contribution in [-0.2, 0) is 6.54 Å². The minimum atomic E-state index is 0.247. The van der Waals surface area contributed by atoms with E-state index in [0.29, 0.717) is 0 Å².